The maximum Gasteiger partial charge on any atom is 0.255 e. The summed E-state index contributed by atoms with van der Waals surface area (Å²) < 4.78 is 0. The molecule has 3 rings (SSSR count). The van der Waals surface area contributed by atoms with Crippen LogP contribution >= 0.6 is 0 Å². The first-order valence-corrected chi connectivity index (χ1v) is 10.4. The molecule has 0 radical (unpaired) electrons. The van der Waals surface area contributed by atoms with E-state index in [9.17, 15) is 9.59 Å². The number of amides is 2. The van der Waals surface area contributed by atoms with E-state index in [0.717, 1.165) is 18.4 Å². The summed E-state index contributed by atoms with van der Waals surface area (Å²) in [7, 11) is 0. The van der Waals surface area contributed by atoms with Gasteiger partial charge in [-0.15, -0.1) is 0 Å². The van der Waals surface area contributed by atoms with Gasteiger partial charge in [-0.3, -0.25) is 9.59 Å². The van der Waals surface area contributed by atoms with Gasteiger partial charge in [0.15, 0.2) is 0 Å². The smallest absolute Gasteiger partial charge is 0.255 e. The minimum Gasteiger partial charge on any atom is -0.354 e. The van der Waals surface area contributed by atoms with Crippen molar-refractivity contribution in [3.8, 4) is 0 Å². The summed E-state index contributed by atoms with van der Waals surface area (Å²) in [5.74, 6) is -0.109. The van der Waals surface area contributed by atoms with Crippen LogP contribution in [-0.4, -0.2) is 35.3 Å². The molecule has 1 aliphatic rings. The number of carbonyl (C=O) groups excluding carboxylic acids is 2. The third-order valence-electron chi connectivity index (χ3n) is 5.71. The number of aryl methyl sites for hydroxylation is 2. The van der Waals surface area contributed by atoms with E-state index in [1.54, 1.807) is 4.90 Å². The fourth-order valence-electron chi connectivity index (χ4n) is 3.67. The van der Waals surface area contributed by atoms with Crippen molar-refractivity contribution in [1.29, 1.82) is 0 Å². The van der Waals surface area contributed by atoms with Crippen molar-refractivity contribution in [3.63, 3.8) is 0 Å². The molecule has 0 bridgehead atoms. The van der Waals surface area contributed by atoms with Crippen molar-refractivity contribution in [2.75, 3.05) is 13.1 Å². The molecule has 4 nitrogen and oxygen atoms in total. The van der Waals surface area contributed by atoms with Crippen LogP contribution in [0.5, 0.6) is 0 Å². The molecule has 0 aliphatic carbocycles. The van der Waals surface area contributed by atoms with Crippen LogP contribution < -0.4 is 5.32 Å². The first kappa shape index (κ1) is 21.1. The second-order valence-corrected chi connectivity index (χ2v) is 9.37. The molecular weight excluding hydrogens is 360 g/mol. The maximum absolute atomic E-state index is 13.3. The number of hydrogen-bond donors (Lipinski definition) is 1. The van der Waals surface area contributed by atoms with E-state index in [2.05, 4.69) is 38.2 Å². The summed E-state index contributed by atoms with van der Waals surface area (Å²) in [4.78, 5) is 27.9. The Morgan fingerprint density at radius 1 is 1.00 bits per heavy atom. The molecule has 2 amide bonds. The SMILES string of the molecule is CC(C)(C)CNC(=O)C1(C)CCN1C(=O)c1ccccc1CCc1ccccc1. The highest BCUT2D eigenvalue weighted by Gasteiger charge is 2.49. The summed E-state index contributed by atoms with van der Waals surface area (Å²) in [6, 6.07) is 18.1. The summed E-state index contributed by atoms with van der Waals surface area (Å²) in [6.45, 7) is 9.34. The predicted octanol–water partition coefficient (Wildman–Crippen LogP) is 4.24. The third-order valence-corrected chi connectivity index (χ3v) is 5.71. The highest BCUT2D eigenvalue weighted by atomic mass is 16.2. The monoisotopic (exact) mass is 392 g/mol. The van der Waals surface area contributed by atoms with E-state index in [0.29, 0.717) is 25.1 Å². The molecule has 4 heteroatoms. The van der Waals surface area contributed by atoms with Gasteiger partial charge in [0, 0.05) is 18.7 Å². The molecule has 1 heterocycles. The van der Waals surface area contributed by atoms with Gasteiger partial charge in [-0.05, 0) is 48.8 Å². The maximum atomic E-state index is 13.3. The van der Waals surface area contributed by atoms with Gasteiger partial charge in [-0.25, -0.2) is 0 Å². The van der Waals surface area contributed by atoms with E-state index < -0.39 is 5.54 Å². The van der Waals surface area contributed by atoms with Crippen molar-refractivity contribution >= 4 is 11.8 Å². The summed E-state index contributed by atoms with van der Waals surface area (Å²) >= 11 is 0. The van der Waals surface area contributed by atoms with E-state index in [1.165, 1.54) is 5.56 Å². The molecule has 2 aromatic carbocycles. The summed E-state index contributed by atoms with van der Waals surface area (Å²) in [5, 5.41) is 3.03. The summed E-state index contributed by atoms with van der Waals surface area (Å²) in [6.07, 6.45) is 2.38. The average molecular weight is 393 g/mol. The van der Waals surface area contributed by atoms with Crippen LogP contribution in [0.15, 0.2) is 54.6 Å². The molecule has 1 fully saturated rings. The Hall–Kier alpha value is -2.62. The molecule has 1 atom stereocenters. The van der Waals surface area contributed by atoms with Gasteiger partial charge >= 0.3 is 0 Å². The molecule has 1 aliphatic heterocycles. The molecule has 154 valence electrons. The minimum absolute atomic E-state index is 0.00858. The first-order chi connectivity index (χ1) is 13.7. The quantitative estimate of drug-likeness (QED) is 0.799. The molecule has 2 aromatic rings. The van der Waals surface area contributed by atoms with Crippen molar-refractivity contribution in [3.05, 3.63) is 71.3 Å². The Morgan fingerprint density at radius 2 is 1.66 bits per heavy atom. The molecule has 1 saturated heterocycles. The Kier molecular flexibility index (Phi) is 6.11. The lowest BCUT2D eigenvalue weighted by molar-refractivity contribution is -0.138. The fraction of sp³-hybridized carbons (Fsp3) is 0.440. The molecule has 0 aromatic heterocycles. The van der Waals surface area contributed by atoms with E-state index in [-0.39, 0.29) is 17.2 Å². The van der Waals surface area contributed by atoms with Crippen LogP contribution in [0.2, 0.25) is 0 Å². The van der Waals surface area contributed by atoms with E-state index >= 15 is 0 Å². The Morgan fingerprint density at radius 3 is 2.28 bits per heavy atom. The predicted molar refractivity (Wildman–Crippen MR) is 117 cm³/mol. The minimum atomic E-state index is -0.769. The molecule has 0 spiro atoms. The van der Waals surface area contributed by atoms with Crippen molar-refractivity contribution < 1.29 is 9.59 Å². The van der Waals surface area contributed by atoms with Crippen LogP contribution in [0.1, 0.15) is 55.6 Å². The van der Waals surface area contributed by atoms with Crippen LogP contribution in [-0.2, 0) is 17.6 Å². The topological polar surface area (TPSA) is 49.4 Å². The Bertz CT molecular complexity index is 870. The zero-order chi connectivity index (χ0) is 21.1. The number of benzene rings is 2. The second-order valence-electron chi connectivity index (χ2n) is 9.37. The van der Waals surface area contributed by atoms with Gasteiger partial charge in [0.1, 0.15) is 5.54 Å². The number of likely N-dealkylation sites (tertiary alicyclic amines) is 1. The molecular formula is C25H32N2O2. The largest absolute Gasteiger partial charge is 0.354 e. The standard InChI is InChI=1S/C25H32N2O2/c1-24(2,3)18-26-23(29)25(4)16-17-27(25)22(28)21-13-9-8-12-20(21)15-14-19-10-6-5-7-11-19/h5-13H,14-18H2,1-4H3,(H,26,29). The lowest BCUT2D eigenvalue weighted by atomic mass is 9.83. The number of hydrogen-bond acceptors (Lipinski definition) is 2. The number of nitrogens with zero attached hydrogens (tertiary/aromatic N) is 1. The van der Waals surface area contributed by atoms with Crippen molar-refractivity contribution in [2.24, 2.45) is 5.41 Å². The molecule has 0 saturated carbocycles. The van der Waals surface area contributed by atoms with Gasteiger partial charge in [-0.1, -0.05) is 69.3 Å². The third kappa shape index (κ3) is 4.87. The van der Waals surface area contributed by atoms with Gasteiger partial charge in [0.2, 0.25) is 5.91 Å². The first-order valence-electron chi connectivity index (χ1n) is 10.4. The van der Waals surface area contributed by atoms with Crippen molar-refractivity contribution in [2.45, 2.75) is 52.5 Å². The zero-order valence-corrected chi connectivity index (χ0v) is 18.0. The lowest BCUT2D eigenvalue weighted by Gasteiger charge is -2.49. The van der Waals surface area contributed by atoms with Gasteiger partial charge in [-0.2, -0.15) is 0 Å². The Balaban J connectivity index is 1.72. The van der Waals surface area contributed by atoms with Crippen LogP contribution in [0.4, 0.5) is 0 Å². The Labute approximate surface area is 174 Å². The van der Waals surface area contributed by atoms with E-state index in [1.807, 2.05) is 49.4 Å². The van der Waals surface area contributed by atoms with Crippen LogP contribution in [0, 0.1) is 5.41 Å². The van der Waals surface area contributed by atoms with E-state index in [4.69, 9.17) is 0 Å². The highest BCUT2D eigenvalue weighted by molar-refractivity contribution is 6.01. The van der Waals surface area contributed by atoms with Crippen LogP contribution in [0.3, 0.4) is 0 Å². The average Bonchev–Trinajstić information content (AvgIpc) is 2.69. The van der Waals surface area contributed by atoms with Crippen molar-refractivity contribution in [1.82, 2.24) is 10.2 Å². The molecule has 29 heavy (non-hydrogen) atoms. The number of nitrogens with one attached hydrogen (secondary N) is 1. The fourth-order valence-corrected chi connectivity index (χ4v) is 3.67. The number of carbonyl (C=O) groups is 2. The highest BCUT2D eigenvalue weighted by Crippen LogP contribution is 2.33. The van der Waals surface area contributed by atoms with Crippen LogP contribution in [0.25, 0.3) is 0 Å². The normalized spacial score (nSPS) is 18.8. The number of rotatable bonds is 6. The lowest BCUT2D eigenvalue weighted by Crippen LogP contribution is -2.67. The van der Waals surface area contributed by atoms with Gasteiger partial charge in [0.25, 0.3) is 5.91 Å². The molecule has 1 N–H and O–H groups in total. The molecule has 1 unspecified atom stereocenters. The van der Waals surface area contributed by atoms with Gasteiger partial charge in [0.05, 0.1) is 0 Å². The van der Waals surface area contributed by atoms with Gasteiger partial charge < -0.3 is 10.2 Å². The zero-order valence-electron chi connectivity index (χ0n) is 18.0. The summed E-state index contributed by atoms with van der Waals surface area (Å²) in [5.41, 5.74) is 2.23. The second kappa shape index (κ2) is 8.40.